The molecule has 2 aromatic rings. The summed E-state index contributed by atoms with van der Waals surface area (Å²) in [6, 6.07) is 9.06. The zero-order chi connectivity index (χ0) is 13.1. The summed E-state index contributed by atoms with van der Waals surface area (Å²) in [6.45, 7) is 4.16. The van der Waals surface area contributed by atoms with Gasteiger partial charge in [0.1, 0.15) is 0 Å². The van der Waals surface area contributed by atoms with Crippen molar-refractivity contribution in [3.63, 3.8) is 0 Å². The molecular weight excluding hydrogens is 230 g/mol. The van der Waals surface area contributed by atoms with E-state index in [-0.39, 0.29) is 5.76 Å². The van der Waals surface area contributed by atoms with E-state index in [2.05, 4.69) is 25.2 Å². The first-order valence-electron chi connectivity index (χ1n) is 5.80. The predicted octanol–water partition coefficient (Wildman–Crippen LogP) is 3.59. The van der Waals surface area contributed by atoms with Gasteiger partial charge in [-0.1, -0.05) is 13.0 Å². The summed E-state index contributed by atoms with van der Waals surface area (Å²) in [5.74, 6) is -0.712. The van der Waals surface area contributed by atoms with Crippen LogP contribution in [0.15, 0.2) is 34.7 Å². The first kappa shape index (κ1) is 12.2. The molecule has 0 amide bonds. The van der Waals surface area contributed by atoms with Crippen LogP contribution in [-0.2, 0) is 6.42 Å². The third kappa shape index (κ3) is 2.53. The Morgan fingerprint density at radius 1 is 1.33 bits per heavy atom. The van der Waals surface area contributed by atoms with E-state index in [0.29, 0.717) is 5.88 Å². The number of nitrogens with one attached hydrogen (secondary N) is 1. The Bertz CT molecular complexity index is 572. The molecule has 94 valence electrons. The molecule has 1 heterocycles. The van der Waals surface area contributed by atoms with Crippen LogP contribution in [0.1, 0.15) is 28.6 Å². The minimum Gasteiger partial charge on any atom is -0.475 e. The van der Waals surface area contributed by atoms with E-state index in [1.54, 1.807) is 6.07 Å². The molecule has 4 heteroatoms. The standard InChI is InChI=1S/C14H15NO3/c1-3-10-4-5-11(8-9(10)2)15-13-7-6-12(18-13)14(16)17/h4-8,15H,3H2,1-2H3,(H,16,17). The lowest BCUT2D eigenvalue weighted by Crippen LogP contribution is -1.93. The van der Waals surface area contributed by atoms with E-state index in [4.69, 9.17) is 9.52 Å². The van der Waals surface area contributed by atoms with Crippen molar-refractivity contribution < 1.29 is 14.3 Å². The van der Waals surface area contributed by atoms with Crippen LogP contribution in [0.25, 0.3) is 0 Å². The molecule has 0 aliphatic heterocycles. The fourth-order valence-electron chi connectivity index (χ4n) is 1.83. The number of carboxylic acid groups (broad SMARTS) is 1. The number of anilines is 2. The van der Waals surface area contributed by atoms with E-state index in [1.807, 2.05) is 12.1 Å². The van der Waals surface area contributed by atoms with Crippen molar-refractivity contribution in [2.75, 3.05) is 5.32 Å². The Labute approximate surface area is 105 Å². The van der Waals surface area contributed by atoms with Crippen molar-refractivity contribution in [1.29, 1.82) is 0 Å². The molecule has 2 rings (SSSR count). The predicted molar refractivity (Wildman–Crippen MR) is 69.5 cm³/mol. The van der Waals surface area contributed by atoms with Gasteiger partial charge >= 0.3 is 5.97 Å². The summed E-state index contributed by atoms with van der Waals surface area (Å²) in [4.78, 5) is 10.7. The molecule has 2 N–H and O–H groups in total. The van der Waals surface area contributed by atoms with E-state index < -0.39 is 5.97 Å². The average molecular weight is 245 g/mol. The Kier molecular flexibility index (Phi) is 3.37. The molecule has 0 spiro atoms. The minimum absolute atomic E-state index is 0.0700. The Balaban J connectivity index is 2.18. The third-order valence-corrected chi connectivity index (χ3v) is 2.81. The molecule has 18 heavy (non-hydrogen) atoms. The van der Waals surface area contributed by atoms with Crippen molar-refractivity contribution in [2.45, 2.75) is 20.3 Å². The van der Waals surface area contributed by atoms with Crippen LogP contribution in [0.2, 0.25) is 0 Å². The number of hydrogen-bond donors (Lipinski definition) is 2. The zero-order valence-electron chi connectivity index (χ0n) is 10.4. The number of aryl methyl sites for hydroxylation is 2. The van der Waals surface area contributed by atoms with E-state index >= 15 is 0 Å². The van der Waals surface area contributed by atoms with Gasteiger partial charge in [0.2, 0.25) is 5.76 Å². The monoisotopic (exact) mass is 245 g/mol. The maximum atomic E-state index is 10.7. The number of furan rings is 1. The molecule has 1 aromatic carbocycles. The average Bonchev–Trinajstić information content (AvgIpc) is 2.78. The fraction of sp³-hybridized carbons (Fsp3) is 0.214. The van der Waals surface area contributed by atoms with Crippen LogP contribution in [0.5, 0.6) is 0 Å². The van der Waals surface area contributed by atoms with Gasteiger partial charge in [0.05, 0.1) is 0 Å². The van der Waals surface area contributed by atoms with Gasteiger partial charge in [-0.3, -0.25) is 0 Å². The molecule has 0 fully saturated rings. The van der Waals surface area contributed by atoms with E-state index in [0.717, 1.165) is 12.1 Å². The number of rotatable bonds is 4. The highest BCUT2D eigenvalue weighted by Gasteiger charge is 2.09. The molecule has 0 aliphatic carbocycles. The summed E-state index contributed by atoms with van der Waals surface area (Å²) < 4.78 is 5.13. The summed E-state index contributed by atoms with van der Waals surface area (Å²) in [7, 11) is 0. The molecule has 4 nitrogen and oxygen atoms in total. The van der Waals surface area contributed by atoms with Gasteiger partial charge in [-0.25, -0.2) is 4.79 Å². The quantitative estimate of drug-likeness (QED) is 0.864. The molecule has 0 bridgehead atoms. The summed E-state index contributed by atoms with van der Waals surface area (Å²) in [5, 5.41) is 11.8. The largest absolute Gasteiger partial charge is 0.475 e. The fourth-order valence-corrected chi connectivity index (χ4v) is 1.83. The van der Waals surface area contributed by atoms with Crippen LogP contribution >= 0.6 is 0 Å². The normalized spacial score (nSPS) is 10.3. The highest BCUT2D eigenvalue weighted by atomic mass is 16.4. The third-order valence-electron chi connectivity index (χ3n) is 2.81. The molecule has 0 unspecified atom stereocenters. The number of carboxylic acids is 1. The van der Waals surface area contributed by atoms with Crippen molar-refractivity contribution in [3.8, 4) is 0 Å². The first-order chi connectivity index (χ1) is 8.60. The van der Waals surface area contributed by atoms with Crippen LogP contribution in [0.4, 0.5) is 11.6 Å². The highest BCUT2D eigenvalue weighted by molar-refractivity contribution is 5.85. The van der Waals surface area contributed by atoms with E-state index in [1.165, 1.54) is 17.2 Å². The topological polar surface area (TPSA) is 62.5 Å². The van der Waals surface area contributed by atoms with Crippen LogP contribution in [0, 0.1) is 6.92 Å². The van der Waals surface area contributed by atoms with Crippen LogP contribution < -0.4 is 5.32 Å². The highest BCUT2D eigenvalue weighted by Crippen LogP contribution is 2.22. The van der Waals surface area contributed by atoms with Crippen molar-refractivity contribution in [3.05, 3.63) is 47.2 Å². The number of carbonyl (C=O) groups is 1. The van der Waals surface area contributed by atoms with Crippen LogP contribution in [0.3, 0.4) is 0 Å². The SMILES string of the molecule is CCc1ccc(Nc2ccc(C(=O)O)o2)cc1C. The van der Waals surface area contributed by atoms with Crippen molar-refractivity contribution in [2.24, 2.45) is 0 Å². The molecule has 0 saturated carbocycles. The number of hydrogen-bond acceptors (Lipinski definition) is 3. The molecule has 0 saturated heterocycles. The van der Waals surface area contributed by atoms with Gasteiger partial charge in [-0.2, -0.15) is 0 Å². The number of aromatic carboxylic acids is 1. The second-order valence-corrected chi connectivity index (χ2v) is 4.09. The van der Waals surface area contributed by atoms with Gasteiger partial charge in [-0.15, -0.1) is 0 Å². The van der Waals surface area contributed by atoms with E-state index in [9.17, 15) is 4.79 Å². The molecule has 0 aliphatic rings. The van der Waals surface area contributed by atoms with Gasteiger partial charge < -0.3 is 14.8 Å². The molecule has 1 aromatic heterocycles. The maximum absolute atomic E-state index is 10.7. The molecular formula is C14H15NO3. The summed E-state index contributed by atoms with van der Waals surface area (Å²) in [5.41, 5.74) is 3.38. The Morgan fingerprint density at radius 2 is 2.11 bits per heavy atom. The number of benzene rings is 1. The second-order valence-electron chi connectivity index (χ2n) is 4.09. The lowest BCUT2D eigenvalue weighted by atomic mass is 10.1. The van der Waals surface area contributed by atoms with Crippen molar-refractivity contribution in [1.82, 2.24) is 0 Å². The summed E-state index contributed by atoms with van der Waals surface area (Å²) in [6.07, 6.45) is 0.996. The van der Waals surface area contributed by atoms with Crippen molar-refractivity contribution >= 4 is 17.5 Å². The molecule has 0 radical (unpaired) electrons. The zero-order valence-corrected chi connectivity index (χ0v) is 10.4. The van der Waals surface area contributed by atoms with Gasteiger partial charge in [0.25, 0.3) is 0 Å². The van der Waals surface area contributed by atoms with Gasteiger partial charge in [-0.05, 0) is 42.7 Å². The van der Waals surface area contributed by atoms with Gasteiger partial charge in [0.15, 0.2) is 5.88 Å². The van der Waals surface area contributed by atoms with Crippen LogP contribution in [-0.4, -0.2) is 11.1 Å². The van der Waals surface area contributed by atoms with Gasteiger partial charge in [0, 0.05) is 11.8 Å². The first-order valence-corrected chi connectivity index (χ1v) is 5.80. The lowest BCUT2D eigenvalue weighted by Gasteiger charge is -2.07. The lowest BCUT2D eigenvalue weighted by molar-refractivity contribution is 0.0663. The Morgan fingerprint density at radius 3 is 2.67 bits per heavy atom. The smallest absolute Gasteiger partial charge is 0.371 e. The summed E-state index contributed by atoms with van der Waals surface area (Å²) >= 11 is 0. The molecule has 0 atom stereocenters. The Hall–Kier alpha value is -2.23. The second kappa shape index (κ2) is 4.96. The minimum atomic E-state index is -1.07. The maximum Gasteiger partial charge on any atom is 0.371 e.